The molecule has 1 N–H and O–H groups in total. The van der Waals surface area contributed by atoms with Crippen LogP contribution in [0, 0.1) is 0 Å². The van der Waals surface area contributed by atoms with Gasteiger partial charge in [0.1, 0.15) is 0 Å². The van der Waals surface area contributed by atoms with Gasteiger partial charge in [-0.1, -0.05) is 0 Å². The van der Waals surface area contributed by atoms with E-state index in [2.05, 4.69) is 24.6 Å². The van der Waals surface area contributed by atoms with Crippen LogP contribution in [0.15, 0.2) is 0 Å². The van der Waals surface area contributed by atoms with Crippen molar-refractivity contribution in [3.63, 3.8) is 0 Å². The summed E-state index contributed by atoms with van der Waals surface area (Å²) in [6, 6.07) is 0. The van der Waals surface area contributed by atoms with Crippen LogP contribution in [0.25, 0.3) is 0 Å². The molecule has 0 heterocycles. The number of unbranched alkanes of at least 4 members (excludes halogenated alkanes) is 1. The Bertz CT molecular complexity index is 61.0. The van der Waals surface area contributed by atoms with Crippen molar-refractivity contribution in [1.82, 2.24) is 4.90 Å². The van der Waals surface area contributed by atoms with Gasteiger partial charge in [0, 0.05) is 6.54 Å². The van der Waals surface area contributed by atoms with Gasteiger partial charge in [-0.05, 0) is 14.1 Å². The summed E-state index contributed by atoms with van der Waals surface area (Å²) in [4.78, 5) is 1.93. The Hall–Kier alpha value is 1.11. The van der Waals surface area contributed by atoms with Gasteiger partial charge in [-0.2, -0.15) is 0 Å². The van der Waals surface area contributed by atoms with Gasteiger partial charge in [0.15, 0.2) is 0 Å². The molecule has 2 nitrogen and oxygen atoms in total. The fourth-order valence-corrected chi connectivity index (χ4v) is 0.554. The van der Waals surface area contributed by atoms with Crippen LogP contribution in [-0.2, 0) is 0 Å². The summed E-state index contributed by atoms with van der Waals surface area (Å²) in [5, 5.41) is 9.54. The fourth-order valence-electron chi connectivity index (χ4n) is 0.554. The van der Waals surface area contributed by atoms with Crippen LogP contribution in [0.1, 0.15) is 19.8 Å². The molecule has 0 spiro atoms. The van der Waals surface area contributed by atoms with Crippen molar-refractivity contribution in [2.24, 2.45) is 0 Å². The topological polar surface area (TPSA) is 23.5 Å². The molecule has 12 heavy (non-hydrogen) atoms. The zero-order chi connectivity index (χ0) is 9.11. The molecule has 0 aromatic carbocycles. The molecular weight excluding hydrogens is 140 g/mol. The van der Waals surface area contributed by atoms with Crippen LogP contribution in [0.4, 0.5) is 0 Å². The van der Waals surface area contributed by atoms with Gasteiger partial charge in [-0.25, -0.2) is 0 Å². The summed E-state index contributed by atoms with van der Waals surface area (Å²) >= 11 is 2.21. The molecule has 0 radical (unpaired) electrons. The van der Waals surface area contributed by atoms with Crippen molar-refractivity contribution in [3.8, 4) is 0 Å². The van der Waals surface area contributed by atoms with Gasteiger partial charge in [0.05, 0.1) is 6.61 Å². The van der Waals surface area contributed by atoms with Gasteiger partial charge in [0.2, 0.25) is 0 Å². The third kappa shape index (κ3) is 30.4. The normalized spacial score (nSPS) is 8.58. The van der Waals surface area contributed by atoms with Crippen LogP contribution in [0.3, 0.4) is 0 Å². The molecule has 4 heteroatoms. The molecule has 0 aliphatic carbocycles. The Labute approximate surface area is 98.5 Å². The first-order valence-electron chi connectivity index (χ1n) is 4.44. The van der Waals surface area contributed by atoms with Gasteiger partial charge >= 0.3 is 61.4 Å². The predicted molar refractivity (Wildman–Crippen MR) is 58.3 cm³/mol. The van der Waals surface area contributed by atoms with E-state index in [1.807, 2.05) is 19.0 Å². The monoisotopic (exact) mass is 161 g/mol. The SMILES string of the molecule is CN(C)CCO.[LiH].[Li][CH2]CCC. The Kier molecular flexibility index (Phi) is 28.2. The van der Waals surface area contributed by atoms with Gasteiger partial charge in [-0.3, -0.25) is 0 Å². The minimum atomic E-state index is 0. The van der Waals surface area contributed by atoms with E-state index in [1.54, 1.807) is 0 Å². The first-order valence-corrected chi connectivity index (χ1v) is 4.44. The van der Waals surface area contributed by atoms with E-state index in [1.165, 1.54) is 17.9 Å². The molecule has 0 bridgehead atoms. The number of hydrogen-bond acceptors (Lipinski definition) is 2. The molecule has 0 saturated carbocycles. The molecule has 0 rings (SSSR count). The van der Waals surface area contributed by atoms with E-state index in [9.17, 15) is 0 Å². The van der Waals surface area contributed by atoms with Crippen molar-refractivity contribution >= 4 is 36.6 Å². The number of aliphatic hydroxyl groups excluding tert-OH is 1. The zero-order valence-electron chi connectivity index (χ0n) is 8.43. The first kappa shape index (κ1) is 18.8. The van der Waals surface area contributed by atoms with E-state index in [4.69, 9.17) is 5.11 Å². The number of likely N-dealkylation sites (N-methyl/N-ethyl adjacent to an activating group) is 1. The number of nitrogens with zero attached hydrogens (tertiary/aromatic N) is 1. The maximum atomic E-state index is 8.20. The van der Waals surface area contributed by atoms with Crippen LogP contribution < -0.4 is 0 Å². The number of hydrogen-bond donors (Lipinski definition) is 1. The minimum absolute atomic E-state index is 0. The average molecular weight is 161 g/mol. The van der Waals surface area contributed by atoms with Crippen molar-refractivity contribution in [2.45, 2.75) is 24.9 Å². The Morgan fingerprint density at radius 3 is 1.83 bits per heavy atom. The average Bonchev–Trinajstić information content (AvgIpc) is 1.90. The van der Waals surface area contributed by atoms with Crippen molar-refractivity contribution in [1.29, 1.82) is 0 Å². The molecule has 0 atom stereocenters. The molecule has 0 aliphatic heterocycles. The standard InChI is InChI=1S/C4H11NO.C4H9.2Li.H/c1-5(2)3-4-6;1-3-4-2;;;/h6H,3-4H2,1-2H3;1,3-4H2,2H3;;;. The molecule has 66 valence electrons. The fraction of sp³-hybridized carbons (Fsp3) is 1.00. The quantitative estimate of drug-likeness (QED) is 0.598. The van der Waals surface area contributed by atoms with Gasteiger partial charge in [-0.15, -0.1) is 0 Å². The summed E-state index contributed by atoms with van der Waals surface area (Å²) < 4.78 is 0. The first-order chi connectivity index (χ1) is 5.18. The van der Waals surface area contributed by atoms with Crippen LogP contribution >= 0.6 is 0 Å². The maximum absolute atomic E-state index is 8.20. The number of rotatable bonds is 4. The molecule has 0 unspecified atom stereocenters. The predicted octanol–water partition coefficient (Wildman–Crippen LogP) is 0.265. The second-order valence-corrected chi connectivity index (χ2v) is 2.88. The van der Waals surface area contributed by atoms with E-state index in [0.717, 1.165) is 6.54 Å². The van der Waals surface area contributed by atoms with Crippen LogP contribution in [0.5, 0.6) is 0 Å². The molecular formula is C8H21Li2NO. The van der Waals surface area contributed by atoms with Gasteiger partial charge < -0.3 is 10.0 Å². The summed E-state index contributed by atoms with van der Waals surface area (Å²) in [6.45, 7) is 3.23. The van der Waals surface area contributed by atoms with Crippen molar-refractivity contribution in [2.75, 3.05) is 27.2 Å². The third-order valence-corrected chi connectivity index (χ3v) is 1.25. The molecule has 0 fully saturated rings. The van der Waals surface area contributed by atoms with E-state index in [-0.39, 0.29) is 25.5 Å². The van der Waals surface area contributed by atoms with Crippen molar-refractivity contribution in [3.05, 3.63) is 0 Å². The summed E-state index contributed by atoms with van der Waals surface area (Å²) in [5.74, 6) is 0. The molecule has 0 amide bonds. The van der Waals surface area contributed by atoms with E-state index < -0.39 is 0 Å². The third-order valence-electron chi connectivity index (χ3n) is 1.25. The Morgan fingerprint density at radius 2 is 1.83 bits per heavy atom. The van der Waals surface area contributed by atoms with Crippen molar-refractivity contribution < 1.29 is 5.11 Å². The molecule has 0 aromatic rings. The second kappa shape index (κ2) is 18.0. The van der Waals surface area contributed by atoms with E-state index >= 15 is 0 Å². The summed E-state index contributed by atoms with van der Waals surface area (Å²) in [7, 11) is 3.85. The van der Waals surface area contributed by atoms with Crippen LogP contribution in [0.2, 0.25) is 5.09 Å². The summed E-state index contributed by atoms with van der Waals surface area (Å²) in [6.07, 6.45) is 2.73. The van der Waals surface area contributed by atoms with Gasteiger partial charge in [0.25, 0.3) is 0 Å². The molecule has 0 aromatic heterocycles. The molecule has 0 aliphatic rings. The summed E-state index contributed by atoms with van der Waals surface area (Å²) in [5.41, 5.74) is 0. The second-order valence-electron chi connectivity index (χ2n) is 2.88. The zero-order valence-corrected chi connectivity index (χ0v) is 8.43. The Balaban J connectivity index is -0.000000126. The van der Waals surface area contributed by atoms with Crippen LogP contribution in [-0.4, -0.2) is 73.8 Å². The Morgan fingerprint density at radius 1 is 1.33 bits per heavy atom. The van der Waals surface area contributed by atoms with E-state index in [0.29, 0.717) is 0 Å². The molecule has 0 saturated heterocycles. The number of aliphatic hydroxyl groups is 1.